The van der Waals surface area contributed by atoms with E-state index in [2.05, 4.69) is 0 Å². The molecular formula is C14H18FNO4S. The Kier molecular flexibility index (Phi) is 4.08. The summed E-state index contributed by atoms with van der Waals surface area (Å²) in [5.74, 6) is -2.00. The van der Waals surface area contributed by atoms with Gasteiger partial charge in [0.05, 0.1) is 11.9 Å². The monoisotopic (exact) mass is 315 g/mol. The fourth-order valence-electron chi connectivity index (χ4n) is 2.68. The average Bonchev–Trinajstić information content (AvgIpc) is 3.09. The van der Waals surface area contributed by atoms with E-state index in [9.17, 15) is 17.6 Å². The molecule has 0 heterocycles. The van der Waals surface area contributed by atoms with E-state index in [1.165, 1.54) is 31.2 Å². The van der Waals surface area contributed by atoms with Crippen molar-refractivity contribution in [1.82, 2.24) is 0 Å². The van der Waals surface area contributed by atoms with Gasteiger partial charge in [0.15, 0.2) is 9.84 Å². The average molecular weight is 315 g/mol. The minimum Gasteiger partial charge on any atom is -0.465 e. The first-order chi connectivity index (χ1) is 9.79. The van der Waals surface area contributed by atoms with E-state index in [1.54, 1.807) is 6.92 Å². The molecule has 1 fully saturated rings. The summed E-state index contributed by atoms with van der Waals surface area (Å²) in [6.07, 6.45) is 0. The number of ether oxygens (including phenoxy) is 1. The normalized spacial score (nSPS) is 28.2. The van der Waals surface area contributed by atoms with Crippen LogP contribution in [0.15, 0.2) is 24.3 Å². The predicted octanol–water partition coefficient (Wildman–Crippen LogP) is 0.987. The third-order valence-corrected chi connectivity index (χ3v) is 6.07. The van der Waals surface area contributed by atoms with Gasteiger partial charge in [0.2, 0.25) is 0 Å². The maximum atomic E-state index is 13.0. The second-order valence-corrected chi connectivity index (χ2v) is 7.47. The fourth-order valence-corrected chi connectivity index (χ4v) is 4.59. The molecule has 1 aromatic rings. The molecule has 2 N–H and O–H groups in total. The number of carbonyl (C=O) groups excluding carboxylic acids is 1. The van der Waals surface area contributed by atoms with Gasteiger partial charge in [0, 0.05) is 11.7 Å². The van der Waals surface area contributed by atoms with Crippen molar-refractivity contribution >= 4 is 15.8 Å². The third-order valence-electron chi connectivity index (χ3n) is 3.83. The lowest BCUT2D eigenvalue weighted by Gasteiger charge is -2.10. The Labute approximate surface area is 123 Å². The lowest BCUT2D eigenvalue weighted by atomic mass is 10.1. The fraction of sp³-hybridized carbons (Fsp3) is 0.500. The molecule has 2 rings (SSSR count). The van der Waals surface area contributed by atoms with E-state index in [0.717, 1.165) is 0 Å². The molecule has 0 aliphatic heterocycles. The summed E-state index contributed by atoms with van der Waals surface area (Å²) >= 11 is 0. The summed E-state index contributed by atoms with van der Waals surface area (Å²) in [6, 6.07) is 5.34. The van der Waals surface area contributed by atoms with Crippen LogP contribution in [0.4, 0.5) is 4.39 Å². The minimum absolute atomic E-state index is 0.117. The molecule has 116 valence electrons. The summed E-state index contributed by atoms with van der Waals surface area (Å²) in [7, 11) is -3.52. The first-order valence-corrected chi connectivity index (χ1v) is 8.43. The third kappa shape index (κ3) is 2.55. The van der Waals surface area contributed by atoms with E-state index < -0.39 is 38.3 Å². The number of rotatable bonds is 5. The van der Waals surface area contributed by atoms with Crippen molar-refractivity contribution in [3.63, 3.8) is 0 Å². The van der Waals surface area contributed by atoms with Crippen molar-refractivity contribution in [2.24, 2.45) is 5.73 Å². The van der Waals surface area contributed by atoms with E-state index in [4.69, 9.17) is 10.5 Å². The van der Waals surface area contributed by atoms with Crippen LogP contribution in [0.5, 0.6) is 0 Å². The Morgan fingerprint density at radius 3 is 2.38 bits per heavy atom. The number of halogens is 1. The number of carbonyl (C=O) groups is 1. The molecule has 1 aliphatic rings. The van der Waals surface area contributed by atoms with Crippen LogP contribution in [0.2, 0.25) is 0 Å². The molecule has 21 heavy (non-hydrogen) atoms. The molecule has 3 unspecified atom stereocenters. The van der Waals surface area contributed by atoms with Gasteiger partial charge in [0.1, 0.15) is 11.4 Å². The largest absolute Gasteiger partial charge is 0.465 e. The Bertz CT molecular complexity index is 643. The van der Waals surface area contributed by atoms with E-state index in [-0.39, 0.29) is 12.4 Å². The van der Waals surface area contributed by atoms with Crippen LogP contribution in [0.3, 0.4) is 0 Å². The number of hydrogen-bond acceptors (Lipinski definition) is 5. The smallest absolute Gasteiger partial charge is 0.328 e. The van der Waals surface area contributed by atoms with Crippen LogP contribution in [0, 0.1) is 5.82 Å². The standard InChI is InChI=1S/C14H18FNO4S/c1-3-20-13(17)14(16)11(12(14)21(18,19)4-2)9-5-7-10(15)8-6-9/h5-8,11-12H,3-4,16H2,1-2H3. The predicted molar refractivity (Wildman–Crippen MR) is 75.9 cm³/mol. The number of esters is 1. The van der Waals surface area contributed by atoms with Crippen molar-refractivity contribution in [1.29, 1.82) is 0 Å². The Hall–Kier alpha value is -1.47. The zero-order valence-electron chi connectivity index (χ0n) is 11.9. The minimum atomic E-state index is -3.52. The van der Waals surface area contributed by atoms with Crippen LogP contribution in [0.25, 0.3) is 0 Å². The number of hydrogen-bond donors (Lipinski definition) is 1. The van der Waals surface area contributed by atoms with Gasteiger partial charge in [-0.3, -0.25) is 0 Å². The van der Waals surface area contributed by atoms with Crippen LogP contribution >= 0.6 is 0 Å². The zero-order valence-corrected chi connectivity index (χ0v) is 12.7. The van der Waals surface area contributed by atoms with E-state index in [1.807, 2.05) is 0 Å². The molecule has 0 amide bonds. The molecule has 0 bridgehead atoms. The molecule has 7 heteroatoms. The van der Waals surface area contributed by atoms with Crippen LogP contribution in [0.1, 0.15) is 25.3 Å². The van der Waals surface area contributed by atoms with E-state index in [0.29, 0.717) is 5.56 Å². The van der Waals surface area contributed by atoms with Gasteiger partial charge in [-0.2, -0.15) is 0 Å². The van der Waals surface area contributed by atoms with Gasteiger partial charge in [-0.25, -0.2) is 17.6 Å². The SMILES string of the molecule is CCOC(=O)C1(N)C(c2ccc(F)cc2)C1S(=O)(=O)CC. The van der Waals surface area contributed by atoms with Crippen LogP contribution in [-0.2, 0) is 19.4 Å². The number of nitrogens with two attached hydrogens (primary N) is 1. The summed E-state index contributed by atoms with van der Waals surface area (Å²) < 4.78 is 42.3. The van der Waals surface area contributed by atoms with Gasteiger partial charge < -0.3 is 10.5 Å². The molecule has 5 nitrogen and oxygen atoms in total. The topological polar surface area (TPSA) is 86.5 Å². The molecule has 3 atom stereocenters. The molecule has 1 aromatic carbocycles. The maximum Gasteiger partial charge on any atom is 0.328 e. The molecule has 1 aliphatic carbocycles. The highest BCUT2D eigenvalue weighted by Gasteiger charge is 2.74. The number of benzene rings is 1. The molecule has 0 saturated heterocycles. The van der Waals surface area contributed by atoms with Gasteiger partial charge in [-0.1, -0.05) is 19.1 Å². The Morgan fingerprint density at radius 2 is 1.90 bits per heavy atom. The van der Waals surface area contributed by atoms with Crippen molar-refractivity contribution < 1.29 is 22.3 Å². The highest BCUT2D eigenvalue weighted by atomic mass is 32.2. The van der Waals surface area contributed by atoms with Gasteiger partial charge >= 0.3 is 5.97 Å². The van der Waals surface area contributed by atoms with Crippen LogP contribution in [-0.4, -0.2) is 37.5 Å². The summed E-state index contributed by atoms with van der Waals surface area (Å²) in [6.45, 7) is 3.24. The lowest BCUT2D eigenvalue weighted by molar-refractivity contribution is -0.145. The second kappa shape index (κ2) is 5.38. The summed E-state index contributed by atoms with van der Waals surface area (Å²) in [5.41, 5.74) is 4.98. The second-order valence-electron chi connectivity index (χ2n) is 5.05. The first kappa shape index (κ1) is 15.9. The lowest BCUT2D eigenvalue weighted by Crippen LogP contribution is -2.41. The van der Waals surface area contributed by atoms with Crippen molar-refractivity contribution in [3.05, 3.63) is 35.6 Å². The highest BCUT2D eigenvalue weighted by Crippen LogP contribution is 2.55. The summed E-state index contributed by atoms with van der Waals surface area (Å²) in [5, 5.41) is -1.03. The number of sulfone groups is 1. The quantitative estimate of drug-likeness (QED) is 0.819. The van der Waals surface area contributed by atoms with Crippen LogP contribution < -0.4 is 5.73 Å². The van der Waals surface area contributed by atoms with Gasteiger partial charge in [-0.15, -0.1) is 0 Å². The van der Waals surface area contributed by atoms with Gasteiger partial charge in [-0.05, 0) is 24.6 Å². The van der Waals surface area contributed by atoms with Crippen molar-refractivity contribution in [3.8, 4) is 0 Å². The maximum absolute atomic E-state index is 13.0. The zero-order chi connectivity index (χ0) is 15.8. The Balaban J connectivity index is 2.42. The van der Waals surface area contributed by atoms with Crippen molar-refractivity contribution in [2.45, 2.75) is 30.6 Å². The molecule has 0 spiro atoms. The molecule has 0 radical (unpaired) electrons. The van der Waals surface area contributed by atoms with E-state index >= 15 is 0 Å². The molecule has 0 aromatic heterocycles. The van der Waals surface area contributed by atoms with Gasteiger partial charge in [0.25, 0.3) is 0 Å². The molecular weight excluding hydrogens is 297 g/mol. The Morgan fingerprint density at radius 1 is 1.33 bits per heavy atom. The highest BCUT2D eigenvalue weighted by molar-refractivity contribution is 7.92. The van der Waals surface area contributed by atoms with Crippen molar-refractivity contribution in [2.75, 3.05) is 12.4 Å². The first-order valence-electron chi connectivity index (χ1n) is 6.72. The summed E-state index contributed by atoms with van der Waals surface area (Å²) in [4.78, 5) is 12.1. The molecule has 1 saturated carbocycles.